The van der Waals surface area contributed by atoms with Crippen LogP contribution in [0.15, 0.2) is 36.4 Å². The van der Waals surface area contributed by atoms with E-state index in [2.05, 4.69) is 5.32 Å². The van der Waals surface area contributed by atoms with E-state index in [1.165, 1.54) is 5.56 Å². The van der Waals surface area contributed by atoms with Crippen LogP contribution in [0.4, 0.5) is 5.69 Å². The lowest BCUT2D eigenvalue weighted by Gasteiger charge is -2.18. The Morgan fingerprint density at radius 2 is 1.71 bits per heavy atom. The number of amides is 1. The molecule has 0 fully saturated rings. The molecular weight excluding hydrogens is 260 g/mol. The number of nitrogen functional groups attached to an aromatic ring is 1. The Morgan fingerprint density at radius 1 is 1.05 bits per heavy atom. The lowest BCUT2D eigenvalue weighted by atomic mass is 10.0. The Labute approximate surface area is 126 Å². The highest BCUT2D eigenvalue weighted by Gasteiger charge is 2.15. The molecule has 2 aromatic rings. The van der Waals surface area contributed by atoms with Gasteiger partial charge in [-0.1, -0.05) is 30.3 Å². The van der Waals surface area contributed by atoms with Crippen molar-refractivity contribution in [1.29, 1.82) is 0 Å². The summed E-state index contributed by atoms with van der Waals surface area (Å²) in [5, 5.41) is 3.05. The minimum atomic E-state index is -0.0880. The summed E-state index contributed by atoms with van der Waals surface area (Å²) in [6.07, 6.45) is 0. The van der Waals surface area contributed by atoms with E-state index >= 15 is 0 Å². The Hall–Kier alpha value is -2.29. The van der Waals surface area contributed by atoms with Crippen molar-refractivity contribution in [2.75, 3.05) is 5.73 Å². The molecule has 0 aliphatic carbocycles. The molecule has 2 aromatic carbocycles. The molecule has 0 spiro atoms. The number of benzene rings is 2. The fourth-order valence-corrected chi connectivity index (χ4v) is 2.54. The fourth-order valence-electron chi connectivity index (χ4n) is 2.54. The normalized spacial score (nSPS) is 12.0. The highest BCUT2D eigenvalue weighted by Crippen LogP contribution is 2.20. The van der Waals surface area contributed by atoms with Gasteiger partial charge in [0, 0.05) is 11.3 Å². The molecule has 0 radical (unpaired) electrons. The van der Waals surface area contributed by atoms with E-state index in [0.29, 0.717) is 11.3 Å². The topological polar surface area (TPSA) is 55.1 Å². The third kappa shape index (κ3) is 3.24. The van der Waals surface area contributed by atoms with Crippen LogP contribution >= 0.6 is 0 Å². The Bertz CT molecular complexity index is 677. The predicted octanol–water partition coefficient (Wildman–Crippen LogP) is 3.69. The first-order valence-corrected chi connectivity index (χ1v) is 7.13. The summed E-state index contributed by atoms with van der Waals surface area (Å²) in [7, 11) is 0. The van der Waals surface area contributed by atoms with Crippen molar-refractivity contribution in [2.45, 2.75) is 33.7 Å². The number of hydrogen-bond donors (Lipinski definition) is 2. The number of nitrogens with one attached hydrogen (secondary N) is 1. The molecule has 0 aromatic heterocycles. The largest absolute Gasteiger partial charge is 0.398 e. The van der Waals surface area contributed by atoms with Crippen LogP contribution in [0.5, 0.6) is 0 Å². The number of carbonyl (C=O) groups excluding carboxylic acids is 1. The van der Waals surface area contributed by atoms with Gasteiger partial charge in [0.1, 0.15) is 0 Å². The van der Waals surface area contributed by atoms with Crippen LogP contribution in [0.3, 0.4) is 0 Å². The second-order valence-electron chi connectivity index (χ2n) is 5.58. The molecule has 3 heteroatoms. The van der Waals surface area contributed by atoms with Crippen molar-refractivity contribution < 1.29 is 4.79 Å². The molecule has 0 aliphatic rings. The zero-order valence-electron chi connectivity index (χ0n) is 13.0. The number of rotatable bonds is 3. The molecule has 2 rings (SSSR count). The van der Waals surface area contributed by atoms with Gasteiger partial charge in [-0.3, -0.25) is 4.79 Å². The number of nitrogens with two attached hydrogens (primary N) is 1. The molecule has 110 valence electrons. The van der Waals surface area contributed by atoms with Gasteiger partial charge < -0.3 is 11.1 Å². The lowest BCUT2D eigenvalue weighted by molar-refractivity contribution is 0.0939. The third-order valence-corrected chi connectivity index (χ3v) is 3.86. The van der Waals surface area contributed by atoms with Gasteiger partial charge in [-0.2, -0.15) is 0 Å². The quantitative estimate of drug-likeness (QED) is 0.844. The van der Waals surface area contributed by atoms with Crippen LogP contribution in [0.2, 0.25) is 0 Å². The number of hydrogen-bond acceptors (Lipinski definition) is 2. The summed E-state index contributed by atoms with van der Waals surface area (Å²) in [6, 6.07) is 11.7. The van der Waals surface area contributed by atoms with Gasteiger partial charge in [0.15, 0.2) is 0 Å². The van der Waals surface area contributed by atoms with E-state index in [0.717, 1.165) is 16.7 Å². The maximum absolute atomic E-state index is 12.5. The molecule has 0 saturated heterocycles. The average molecular weight is 282 g/mol. The molecule has 1 amide bonds. The Balaban J connectivity index is 2.22. The number of aryl methyl sites for hydroxylation is 3. The van der Waals surface area contributed by atoms with Crippen LogP contribution in [0, 0.1) is 20.8 Å². The number of anilines is 1. The molecule has 0 saturated carbocycles. The maximum Gasteiger partial charge on any atom is 0.252 e. The summed E-state index contributed by atoms with van der Waals surface area (Å²) in [5.41, 5.74) is 11.4. The van der Waals surface area contributed by atoms with Crippen LogP contribution in [0.25, 0.3) is 0 Å². The van der Waals surface area contributed by atoms with Gasteiger partial charge >= 0.3 is 0 Å². The van der Waals surface area contributed by atoms with Crippen LogP contribution in [-0.2, 0) is 0 Å². The van der Waals surface area contributed by atoms with Crippen molar-refractivity contribution in [3.63, 3.8) is 0 Å². The second-order valence-corrected chi connectivity index (χ2v) is 5.58. The average Bonchev–Trinajstić information content (AvgIpc) is 2.43. The molecule has 0 bridgehead atoms. The highest BCUT2D eigenvalue weighted by atomic mass is 16.1. The van der Waals surface area contributed by atoms with E-state index in [-0.39, 0.29) is 11.9 Å². The molecule has 3 N–H and O–H groups in total. The molecule has 1 unspecified atom stereocenters. The van der Waals surface area contributed by atoms with Gasteiger partial charge in [-0.15, -0.1) is 0 Å². The van der Waals surface area contributed by atoms with Gasteiger partial charge in [0.05, 0.1) is 6.04 Å². The third-order valence-electron chi connectivity index (χ3n) is 3.86. The minimum absolute atomic E-state index is 0.0411. The lowest BCUT2D eigenvalue weighted by Crippen LogP contribution is -2.27. The van der Waals surface area contributed by atoms with E-state index < -0.39 is 0 Å². The maximum atomic E-state index is 12.5. The first kappa shape index (κ1) is 15.1. The van der Waals surface area contributed by atoms with Crippen molar-refractivity contribution in [2.24, 2.45) is 0 Å². The number of carbonyl (C=O) groups is 1. The SMILES string of the molecule is Cc1cc(C)c(C(=O)NC(C)c2ccccc2C)cc1N. The Morgan fingerprint density at radius 3 is 2.38 bits per heavy atom. The zero-order valence-corrected chi connectivity index (χ0v) is 13.0. The van der Waals surface area contributed by atoms with E-state index in [4.69, 9.17) is 5.73 Å². The smallest absolute Gasteiger partial charge is 0.252 e. The van der Waals surface area contributed by atoms with Crippen molar-refractivity contribution in [3.8, 4) is 0 Å². The fraction of sp³-hybridized carbons (Fsp3) is 0.278. The highest BCUT2D eigenvalue weighted by molar-refractivity contribution is 5.97. The van der Waals surface area contributed by atoms with Crippen LogP contribution in [0.1, 0.15) is 45.6 Å². The van der Waals surface area contributed by atoms with Gasteiger partial charge in [-0.25, -0.2) is 0 Å². The summed E-state index contributed by atoms with van der Waals surface area (Å²) >= 11 is 0. The van der Waals surface area contributed by atoms with Crippen molar-refractivity contribution in [3.05, 3.63) is 64.2 Å². The first-order chi connectivity index (χ1) is 9.90. The van der Waals surface area contributed by atoms with Gasteiger partial charge in [-0.05, 0) is 56.0 Å². The summed E-state index contributed by atoms with van der Waals surface area (Å²) in [6.45, 7) is 7.92. The summed E-state index contributed by atoms with van der Waals surface area (Å²) in [4.78, 5) is 12.5. The molecule has 3 nitrogen and oxygen atoms in total. The second kappa shape index (κ2) is 6.00. The standard InChI is InChI=1S/C18H22N2O/c1-11-7-5-6-8-15(11)14(4)20-18(21)16-10-17(19)13(3)9-12(16)2/h5-10,14H,19H2,1-4H3,(H,20,21). The van der Waals surface area contributed by atoms with E-state index in [9.17, 15) is 4.79 Å². The molecular formula is C18H22N2O. The molecule has 0 heterocycles. The Kier molecular flexibility index (Phi) is 4.32. The van der Waals surface area contributed by atoms with E-state index in [1.807, 2.05) is 58.0 Å². The zero-order chi connectivity index (χ0) is 15.6. The van der Waals surface area contributed by atoms with Crippen molar-refractivity contribution >= 4 is 11.6 Å². The first-order valence-electron chi connectivity index (χ1n) is 7.13. The van der Waals surface area contributed by atoms with Gasteiger partial charge in [0.25, 0.3) is 5.91 Å². The molecule has 21 heavy (non-hydrogen) atoms. The van der Waals surface area contributed by atoms with E-state index in [1.54, 1.807) is 6.07 Å². The molecule has 1 atom stereocenters. The predicted molar refractivity (Wildman–Crippen MR) is 87.4 cm³/mol. The molecule has 0 aliphatic heterocycles. The monoisotopic (exact) mass is 282 g/mol. The van der Waals surface area contributed by atoms with Crippen LogP contribution < -0.4 is 11.1 Å². The van der Waals surface area contributed by atoms with Crippen LogP contribution in [-0.4, -0.2) is 5.91 Å². The van der Waals surface area contributed by atoms with Gasteiger partial charge in [0.2, 0.25) is 0 Å². The summed E-state index contributed by atoms with van der Waals surface area (Å²) in [5.74, 6) is -0.0880. The summed E-state index contributed by atoms with van der Waals surface area (Å²) < 4.78 is 0. The van der Waals surface area contributed by atoms with Crippen molar-refractivity contribution in [1.82, 2.24) is 5.32 Å². The minimum Gasteiger partial charge on any atom is -0.398 e.